The number of hydrogen-bond donors (Lipinski definition) is 2. The molecule has 1 saturated carbocycles. The average molecular weight is 305 g/mol. The van der Waals surface area contributed by atoms with Crippen molar-refractivity contribution in [3.63, 3.8) is 0 Å². The molecule has 2 unspecified atom stereocenters. The van der Waals surface area contributed by atoms with E-state index in [1.54, 1.807) is 17.0 Å². The van der Waals surface area contributed by atoms with Gasteiger partial charge in [0.2, 0.25) is 5.91 Å². The lowest BCUT2D eigenvalue weighted by Crippen LogP contribution is -2.55. The van der Waals surface area contributed by atoms with Crippen LogP contribution in [0.5, 0.6) is 0 Å². The quantitative estimate of drug-likeness (QED) is 0.853. The van der Waals surface area contributed by atoms with Crippen LogP contribution in [0.2, 0.25) is 0 Å². The largest absolute Gasteiger partial charge is 0.459 e. The second kappa shape index (κ2) is 6.52. The molecule has 22 heavy (non-hydrogen) atoms. The first-order chi connectivity index (χ1) is 10.7. The van der Waals surface area contributed by atoms with E-state index in [4.69, 9.17) is 10.2 Å². The number of rotatable bonds is 5. The van der Waals surface area contributed by atoms with Crippen LogP contribution >= 0.6 is 0 Å². The first kappa shape index (κ1) is 15.1. The van der Waals surface area contributed by atoms with Crippen molar-refractivity contribution in [2.45, 2.75) is 44.2 Å². The lowest BCUT2D eigenvalue weighted by molar-refractivity contribution is -0.127. The van der Waals surface area contributed by atoms with Gasteiger partial charge in [-0.1, -0.05) is 0 Å². The van der Waals surface area contributed by atoms with Crippen LogP contribution in [0.1, 0.15) is 42.7 Å². The van der Waals surface area contributed by atoms with Crippen LogP contribution in [0, 0.1) is 5.92 Å². The van der Waals surface area contributed by atoms with Gasteiger partial charge in [-0.2, -0.15) is 0 Å². The van der Waals surface area contributed by atoms with Gasteiger partial charge >= 0.3 is 0 Å². The van der Waals surface area contributed by atoms with Crippen LogP contribution in [-0.4, -0.2) is 41.9 Å². The molecule has 0 radical (unpaired) electrons. The van der Waals surface area contributed by atoms with E-state index in [1.807, 2.05) is 0 Å². The predicted molar refractivity (Wildman–Crippen MR) is 81.1 cm³/mol. The van der Waals surface area contributed by atoms with Gasteiger partial charge in [0.05, 0.1) is 6.26 Å². The van der Waals surface area contributed by atoms with E-state index in [2.05, 4.69) is 5.32 Å². The van der Waals surface area contributed by atoms with E-state index in [0.29, 0.717) is 25.4 Å². The zero-order valence-corrected chi connectivity index (χ0v) is 12.7. The lowest BCUT2D eigenvalue weighted by Gasteiger charge is -2.35. The van der Waals surface area contributed by atoms with Crippen molar-refractivity contribution >= 4 is 11.8 Å². The fourth-order valence-corrected chi connectivity index (χ4v) is 3.14. The maximum atomic E-state index is 12.6. The van der Waals surface area contributed by atoms with E-state index in [9.17, 15) is 9.59 Å². The number of amides is 2. The summed E-state index contributed by atoms with van der Waals surface area (Å²) >= 11 is 0. The summed E-state index contributed by atoms with van der Waals surface area (Å²) in [6.45, 7) is 1.05. The first-order valence-electron chi connectivity index (χ1n) is 8.05. The van der Waals surface area contributed by atoms with Crippen molar-refractivity contribution in [1.82, 2.24) is 10.2 Å². The predicted octanol–water partition coefficient (Wildman–Crippen LogP) is 1.13. The fraction of sp³-hybridized carbons (Fsp3) is 0.625. The summed E-state index contributed by atoms with van der Waals surface area (Å²) in [6.07, 6.45) is 6.30. The molecule has 3 rings (SSSR count). The standard InChI is InChI=1S/C16H23N3O3/c17-10-12(11-6-7-11)18-15(20)13-4-1-2-8-19(13)16(21)14-5-3-9-22-14/h3,5,9,11-13H,1-2,4,6-8,10,17H2,(H,18,20). The Morgan fingerprint density at radius 1 is 1.36 bits per heavy atom. The van der Waals surface area contributed by atoms with Crippen LogP contribution in [0.4, 0.5) is 0 Å². The molecule has 2 aliphatic rings. The van der Waals surface area contributed by atoms with Crippen LogP contribution in [-0.2, 0) is 4.79 Å². The molecule has 0 aromatic carbocycles. The molecule has 1 saturated heterocycles. The third kappa shape index (κ3) is 3.16. The van der Waals surface area contributed by atoms with Gasteiger partial charge in [0, 0.05) is 19.1 Å². The van der Waals surface area contributed by atoms with Crippen LogP contribution in [0.25, 0.3) is 0 Å². The smallest absolute Gasteiger partial charge is 0.290 e. The van der Waals surface area contributed by atoms with E-state index in [0.717, 1.165) is 25.7 Å². The molecular formula is C16H23N3O3. The van der Waals surface area contributed by atoms with Crippen LogP contribution in [0.3, 0.4) is 0 Å². The summed E-state index contributed by atoms with van der Waals surface area (Å²) in [5.41, 5.74) is 5.75. The molecule has 2 atom stereocenters. The third-order valence-corrected chi connectivity index (χ3v) is 4.57. The second-order valence-corrected chi connectivity index (χ2v) is 6.18. The minimum absolute atomic E-state index is 0.0370. The Morgan fingerprint density at radius 2 is 2.18 bits per heavy atom. The molecule has 1 aromatic heterocycles. The Bertz CT molecular complexity index is 525. The van der Waals surface area contributed by atoms with Crippen LogP contribution in [0.15, 0.2) is 22.8 Å². The van der Waals surface area contributed by atoms with Crippen molar-refractivity contribution in [3.05, 3.63) is 24.2 Å². The third-order valence-electron chi connectivity index (χ3n) is 4.57. The molecule has 1 aliphatic heterocycles. The number of hydrogen-bond acceptors (Lipinski definition) is 4. The highest BCUT2D eigenvalue weighted by Crippen LogP contribution is 2.32. The summed E-state index contributed by atoms with van der Waals surface area (Å²) < 4.78 is 5.18. The van der Waals surface area contributed by atoms with E-state index >= 15 is 0 Å². The molecule has 1 aromatic rings. The fourth-order valence-electron chi connectivity index (χ4n) is 3.14. The Hall–Kier alpha value is -1.82. The minimum Gasteiger partial charge on any atom is -0.459 e. The van der Waals surface area contributed by atoms with Crippen molar-refractivity contribution in [1.29, 1.82) is 0 Å². The normalized spacial score (nSPS) is 23.1. The van der Waals surface area contributed by atoms with Crippen LogP contribution < -0.4 is 11.1 Å². The molecule has 2 amide bonds. The zero-order valence-electron chi connectivity index (χ0n) is 12.7. The Balaban J connectivity index is 1.68. The maximum absolute atomic E-state index is 12.6. The lowest BCUT2D eigenvalue weighted by atomic mass is 10.00. The van der Waals surface area contributed by atoms with Gasteiger partial charge in [0.15, 0.2) is 5.76 Å². The van der Waals surface area contributed by atoms with E-state index in [-0.39, 0.29) is 23.6 Å². The van der Waals surface area contributed by atoms with Gasteiger partial charge in [0.1, 0.15) is 6.04 Å². The number of carbonyl (C=O) groups is 2. The first-order valence-corrected chi connectivity index (χ1v) is 8.05. The molecule has 6 nitrogen and oxygen atoms in total. The number of nitrogens with one attached hydrogen (secondary N) is 1. The highest BCUT2D eigenvalue weighted by Gasteiger charge is 2.37. The second-order valence-electron chi connectivity index (χ2n) is 6.18. The Labute approximate surface area is 130 Å². The maximum Gasteiger partial charge on any atom is 0.290 e. The topological polar surface area (TPSA) is 88.6 Å². The average Bonchev–Trinajstić information content (AvgIpc) is 3.25. The number of furan rings is 1. The zero-order chi connectivity index (χ0) is 15.5. The van der Waals surface area contributed by atoms with Crippen molar-refractivity contribution < 1.29 is 14.0 Å². The van der Waals surface area contributed by atoms with Crippen molar-refractivity contribution in [2.75, 3.05) is 13.1 Å². The van der Waals surface area contributed by atoms with Gasteiger partial charge in [-0.05, 0) is 50.2 Å². The highest BCUT2D eigenvalue weighted by atomic mass is 16.3. The van der Waals surface area contributed by atoms with E-state index in [1.165, 1.54) is 6.26 Å². The number of carbonyl (C=O) groups excluding carboxylic acids is 2. The highest BCUT2D eigenvalue weighted by molar-refractivity contribution is 5.95. The van der Waals surface area contributed by atoms with Gasteiger partial charge in [-0.15, -0.1) is 0 Å². The van der Waals surface area contributed by atoms with Crippen molar-refractivity contribution in [3.8, 4) is 0 Å². The number of nitrogens with two attached hydrogens (primary N) is 1. The summed E-state index contributed by atoms with van der Waals surface area (Å²) in [5.74, 6) is 0.506. The summed E-state index contributed by atoms with van der Waals surface area (Å²) in [4.78, 5) is 26.7. The molecule has 0 spiro atoms. The van der Waals surface area contributed by atoms with Gasteiger partial charge in [0.25, 0.3) is 5.91 Å². The molecule has 0 bridgehead atoms. The summed E-state index contributed by atoms with van der Waals surface area (Å²) in [7, 11) is 0. The monoisotopic (exact) mass is 305 g/mol. The van der Waals surface area contributed by atoms with Gasteiger partial charge in [-0.3, -0.25) is 9.59 Å². The SMILES string of the molecule is NCC(NC(=O)C1CCCCN1C(=O)c1ccco1)C1CC1. The summed E-state index contributed by atoms with van der Waals surface area (Å²) in [6, 6.07) is 2.94. The molecule has 2 fully saturated rings. The van der Waals surface area contributed by atoms with Gasteiger partial charge in [-0.25, -0.2) is 0 Å². The molecule has 3 N–H and O–H groups in total. The Morgan fingerprint density at radius 3 is 2.82 bits per heavy atom. The van der Waals surface area contributed by atoms with E-state index < -0.39 is 6.04 Å². The van der Waals surface area contributed by atoms with Crippen molar-refractivity contribution in [2.24, 2.45) is 11.7 Å². The molecule has 120 valence electrons. The number of likely N-dealkylation sites (tertiary alicyclic amines) is 1. The van der Waals surface area contributed by atoms with Gasteiger partial charge < -0.3 is 20.4 Å². The molecule has 1 aliphatic carbocycles. The number of piperidine rings is 1. The molecular weight excluding hydrogens is 282 g/mol. The Kier molecular flexibility index (Phi) is 4.47. The summed E-state index contributed by atoms with van der Waals surface area (Å²) in [5, 5.41) is 3.04. The molecule has 2 heterocycles. The molecule has 6 heteroatoms. The number of nitrogens with zero attached hydrogens (tertiary/aromatic N) is 1. The minimum atomic E-state index is -0.417.